The standard InChI is InChI=1S/C9H13N5O2S2/c1-2-14-6-11-13-8(14)4-12-18(15,16)9-3-7(10)5-17-9/h3,5-6,12H,2,4,10H2,1H3. The lowest BCUT2D eigenvalue weighted by molar-refractivity contribution is 0.577. The molecular weight excluding hydrogens is 274 g/mol. The summed E-state index contributed by atoms with van der Waals surface area (Å²) in [5, 5.41) is 9.17. The third-order valence-corrected chi connectivity index (χ3v) is 5.18. The van der Waals surface area contributed by atoms with E-state index in [0.717, 1.165) is 11.3 Å². The second-order valence-corrected chi connectivity index (χ2v) is 6.46. The Morgan fingerprint density at radius 1 is 1.56 bits per heavy atom. The van der Waals surface area contributed by atoms with Crippen molar-refractivity contribution in [3.05, 3.63) is 23.6 Å². The van der Waals surface area contributed by atoms with Crippen molar-refractivity contribution in [1.82, 2.24) is 19.5 Å². The van der Waals surface area contributed by atoms with Gasteiger partial charge in [0.05, 0.1) is 6.54 Å². The molecule has 0 saturated carbocycles. The maximum Gasteiger partial charge on any atom is 0.250 e. The zero-order chi connectivity index (χ0) is 13.2. The van der Waals surface area contributed by atoms with E-state index in [9.17, 15) is 8.42 Å². The molecule has 2 aromatic heterocycles. The monoisotopic (exact) mass is 287 g/mol. The Morgan fingerprint density at radius 2 is 2.33 bits per heavy atom. The van der Waals surface area contributed by atoms with Gasteiger partial charge in [0.2, 0.25) is 0 Å². The summed E-state index contributed by atoms with van der Waals surface area (Å²) in [6, 6.07) is 1.43. The van der Waals surface area contributed by atoms with Crippen molar-refractivity contribution in [1.29, 1.82) is 0 Å². The zero-order valence-electron chi connectivity index (χ0n) is 9.70. The van der Waals surface area contributed by atoms with Crippen molar-refractivity contribution in [3.63, 3.8) is 0 Å². The molecule has 18 heavy (non-hydrogen) atoms. The lowest BCUT2D eigenvalue weighted by Crippen LogP contribution is -2.24. The van der Waals surface area contributed by atoms with Crippen LogP contribution in [0.3, 0.4) is 0 Å². The van der Waals surface area contributed by atoms with Crippen LogP contribution in [0.15, 0.2) is 22.0 Å². The summed E-state index contributed by atoms with van der Waals surface area (Å²) in [6.07, 6.45) is 1.56. The van der Waals surface area contributed by atoms with Crippen LogP contribution >= 0.6 is 11.3 Å². The summed E-state index contributed by atoms with van der Waals surface area (Å²) in [5.74, 6) is 0.575. The lowest BCUT2D eigenvalue weighted by atomic mass is 10.6. The molecule has 7 nitrogen and oxygen atoms in total. The number of sulfonamides is 1. The van der Waals surface area contributed by atoms with Crippen molar-refractivity contribution in [3.8, 4) is 0 Å². The molecule has 98 valence electrons. The second kappa shape index (κ2) is 5.04. The summed E-state index contributed by atoms with van der Waals surface area (Å²) in [7, 11) is -3.53. The lowest BCUT2D eigenvalue weighted by Gasteiger charge is -2.05. The second-order valence-electron chi connectivity index (χ2n) is 3.56. The smallest absolute Gasteiger partial charge is 0.250 e. The van der Waals surface area contributed by atoms with E-state index in [-0.39, 0.29) is 10.8 Å². The molecule has 0 aromatic carbocycles. The molecule has 0 radical (unpaired) electrons. The van der Waals surface area contributed by atoms with Gasteiger partial charge in [-0.3, -0.25) is 0 Å². The molecule has 0 amide bonds. The van der Waals surface area contributed by atoms with Crippen LogP contribution in [-0.2, 0) is 23.1 Å². The third kappa shape index (κ3) is 2.68. The predicted molar refractivity (Wildman–Crippen MR) is 68.5 cm³/mol. The number of aromatic nitrogens is 3. The highest BCUT2D eigenvalue weighted by Crippen LogP contribution is 2.21. The number of nitrogens with zero attached hydrogens (tertiary/aromatic N) is 3. The molecule has 0 aliphatic heterocycles. The molecule has 2 heterocycles. The molecule has 0 unspecified atom stereocenters. The number of hydrogen-bond donors (Lipinski definition) is 2. The Morgan fingerprint density at radius 3 is 2.94 bits per heavy atom. The number of aryl methyl sites for hydroxylation is 1. The first kappa shape index (κ1) is 13.0. The molecule has 0 bridgehead atoms. The van der Waals surface area contributed by atoms with Crippen LogP contribution in [0.25, 0.3) is 0 Å². The molecule has 9 heteroatoms. The van der Waals surface area contributed by atoms with E-state index in [1.807, 2.05) is 6.92 Å². The molecular formula is C9H13N5O2S2. The van der Waals surface area contributed by atoms with Crippen LogP contribution in [0.5, 0.6) is 0 Å². The van der Waals surface area contributed by atoms with Crippen molar-refractivity contribution in [2.75, 3.05) is 5.73 Å². The van der Waals surface area contributed by atoms with Gasteiger partial charge >= 0.3 is 0 Å². The van der Waals surface area contributed by atoms with Crippen LogP contribution in [0.4, 0.5) is 5.69 Å². The van der Waals surface area contributed by atoms with Crippen LogP contribution in [0.2, 0.25) is 0 Å². The van der Waals surface area contributed by atoms with E-state index in [4.69, 9.17) is 5.73 Å². The minimum Gasteiger partial charge on any atom is -0.398 e. The third-order valence-electron chi connectivity index (χ3n) is 2.32. The van der Waals surface area contributed by atoms with Crippen molar-refractivity contribution < 1.29 is 8.42 Å². The molecule has 0 saturated heterocycles. The molecule has 0 spiro atoms. The van der Waals surface area contributed by atoms with Gasteiger partial charge in [0.15, 0.2) is 0 Å². The van der Waals surface area contributed by atoms with Crippen LogP contribution in [0, 0.1) is 0 Å². The Kier molecular flexibility index (Phi) is 3.64. The Balaban J connectivity index is 2.10. The number of rotatable bonds is 5. The highest BCUT2D eigenvalue weighted by atomic mass is 32.2. The Labute approximate surface area is 109 Å². The molecule has 3 N–H and O–H groups in total. The number of nitrogen functional groups attached to an aromatic ring is 1. The first-order valence-corrected chi connectivity index (χ1v) is 7.59. The molecule has 0 fully saturated rings. The number of hydrogen-bond acceptors (Lipinski definition) is 6. The maximum atomic E-state index is 11.9. The van der Waals surface area contributed by atoms with Crippen LogP contribution in [-0.4, -0.2) is 23.2 Å². The van der Waals surface area contributed by atoms with Crippen LogP contribution < -0.4 is 10.5 Å². The van der Waals surface area contributed by atoms with Gasteiger partial charge in [-0.25, -0.2) is 13.1 Å². The molecule has 0 atom stereocenters. The van der Waals surface area contributed by atoms with Gasteiger partial charge in [0.1, 0.15) is 16.4 Å². The van der Waals surface area contributed by atoms with E-state index in [0.29, 0.717) is 18.1 Å². The summed E-state index contributed by atoms with van der Waals surface area (Å²) in [4.78, 5) is 0. The van der Waals surface area contributed by atoms with Crippen LogP contribution in [0.1, 0.15) is 12.7 Å². The van der Waals surface area contributed by atoms with E-state index in [1.165, 1.54) is 6.07 Å². The van der Waals surface area contributed by atoms with Gasteiger partial charge in [-0.05, 0) is 13.0 Å². The minimum atomic E-state index is -3.53. The van der Waals surface area contributed by atoms with Gasteiger partial charge in [0, 0.05) is 17.6 Å². The van der Waals surface area contributed by atoms with E-state index >= 15 is 0 Å². The molecule has 2 rings (SSSR count). The quantitative estimate of drug-likeness (QED) is 0.829. The number of anilines is 1. The normalized spacial score (nSPS) is 11.8. The van der Waals surface area contributed by atoms with Crippen molar-refractivity contribution in [2.45, 2.75) is 24.2 Å². The fourth-order valence-electron chi connectivity index (χ4n) is 1.38. The summed E-state index contributed by atoms with van der Waals surface area (Å²) in [5.41, 5.74) is 5.95. The Hall–Kier alpha value is -1.45. The fourth-order valence-corrected chi connectivity index (χ4v) is 3.49. The van der Waals surface area contributed by atoms with Gasteiger partial charge in [-0.1, -0.05) is 0 Å². The first-order valence-electron chi connectivity index (χ1n) is 5.23. The maximum absolute atomic E-state index is 11.9. The van der Waals surface area contributed by atoms with Crippen molar-refractivity contribution in [2.24, 2.45) is 0 Å². The minimum absolute atomic E-state index is 0.105. The summed E-state index contributed by atoms with van der Waals surface area (Å²) >= 11 is 1.09. The van der Waals surface area contributed by atoms with E-state index < -0.39 is 10.0 Å². The number of nitrogens with two attached hydrogens (primary N) is 1. The summed E-state index contributed by atoms with van der Waals surface area (Å²) < 4.78 is 28.3. The first-order chi connectivity index (χ1) is 8.53. The molecule has 0 aliphatic rings. The zero-order valence-corrected chi connectivity index (χ0v) is 11.3. The topological polar surface area (TPSA) is 103 Å². The molecule has 2 aromatic rings. The van der Waals surface area contributed by atoms with Gasteiger partial charge in [-0.2, -0.15) is 0 Å². The number of thiophene rings is 1. The largest absolute Gasteiger partial charge is 0.398 e. The SMILES string of the molecule is CCn1cnnc1CNS(=O)(=O)c1cc(N)cs1. The fraction of sp³-hybridized carbons (Fsp3) is 0.333. The van der Waals surface area contributed by atoms with Gasteiger partial charge in [0.25, 0.3) is 10.0 Å². The molecule has 0 aliphatic carbocycles. The van der Waals surface area contributed by atoms with Crippen molar-refractivity contribution >= 4 is 27.0 Å². The van der Waals surface area contributed by atoms with E-state index in [2.05, 4.69) is 14.9 Å². The highest BCUT2D eigenvalue weighted by Gasteiger charge is 2.17. The highest BCUT2D eigenvalue weighted by molar-refractivity contribution is 7.91. The Bertz CT molecular complexity index is 631. The predicted octanol–water partition coefficient (Wildman–Crippen LogP) is 0.420. The summed E-state index contributed by atoms with van der Waals surface area (Å²) in [6.45, 7) is 2.73. The average molecular weight is 287 g/mol. The van der Waals surface area contributed by atoms with Gasteiger partial charge < -0.3 is 10.3 Å². The van der Waals surface area contributed by atoms with E-state index in [1.54, 1.807) is 16.3 Å². The average Bonchev–Trinajstić information content (AvgIpc) is 2.94. The van der Waals surface area contributed by atoms with Gasteiger partial charge in [-0.15, -0.1) is 21.5 Å². The number of nitrogens with one attached hydrogen (secondary N) is 1.